The molecule has 110 valence electrons. The molecule has 0 aliphatic carbocycles. The van der Waals surface area contributed by atoms with Gasteiger partial charge >= 0.3 is 0 Å². The van der Waals surface area contributed by atoms with Crippen molar-refractivity contribution < 1.29 is 22.7 Å². The number of carbonyl (C=O) groups excluding carboxylic acids is 1. The van der Waals surface area contributed by atoms with Crippen molar-refractivity contribution in [1.82, 2.24) is 4.90 Å². The zero-order chi connectivity index (χ0) is 14.7. The highest BCUT2D eigenvalue weighted by molar-refractivity contribution is 5.94. The van der Waals surface area contributed by atoms with Crippen molar-refractivity contribution in [2.75, 3.05) is 20.2 Å². The van der Waals surface area contributed by atoms with Crippen LogP contribution < -0.4 is 0 Å². The van der Waals surface area contributed by atoms with Gasteiger partial charge in [-0.1, -0.05) is 0 Å². The molecule has 0 spiro atoms. The number of nitrogens with zero attached hydrogens (tertiary/aromatic N) is 1. The van der Waals surface area contributed by atoms with Crippen LogP contribution in [0.25, 0.3) is 0 Å². The van der Waals surface area contributed by atoms with E-state index in [1.807, 2.05) is 0 Å². The van der Waals surface area contributed by atoms with Crippen molar-refractivity contribution >= 4 is 5.91 Å². The Morgan fingerprint density at radius 2 is 1.95 bits per heavy atom. The Kier molecular flexibility index (Phi) is 4.65. The molecule has 6 heteroatoms. The highest BCUT2D eigenvalue weighted by Crippen LogP contribution is 2.17. The van der Waals surface area contributed by atoms with Gasteiger partial charge < -0.3 is 9.64 Å². The molecular formula is C14H16F3NO2. The first-order valence-electron chi connectivity index (χ1n) is 6.50. The minimum absolute atomic E-state index is 0.0622. The van der Waals surface area contributed by atoms with Gasteiger partial charge in [0.2, 0.25) is 0 Å². The van der Waals surface area contributed by atoms with Crippen molar-refractivity contribution in [3.8, 4) is 0 Å². The Bertz CT molecular complexity index is 478. The molecule has 1 heterocycles. The zero-order valence-corrected chi connectivity index (χ0v) is 11.2. The summed E-state index contributed by atoms with van der Waals surface area (Å²) < 4.78 is 44.6. The molecule has 1 saturated heterocycles. The molecule has 0 saturated carbocycles. The van der Waals surface area contributed by atoms with E-state index in [1.54, 1.807) is 0 Å². The third-order valence-electron chi connectivity index (χ3n) is 3.33. The molecule has 0 radical (unpaired) electrons. The molecule has 0 N–H and O–H groups in total. The van der Waals surface area contributed by atoms with Gasteiger partial charge in [0, 0.05) is 25.8 Å². The van der Waals surface area contributed by atoms with Gasteiger partial charge in [-0.05, 0) is 31.4 Å². The van der Waals surface area contributed by atoms with Crippen molar-refractivity contribution in [1.29, 1.82) is 0 Å². The average Bonchev–Trinajstić information content (AvgIpc) is 2.44. The van der Waals surface area contributed by atoms with E-state index in [9.17, 15) is 18.0 Å². The van der Waals surface area contributed by atoms with E-state index in [0.29, 0.717) is 25.3 Å². The van der Waals surface area contributed by atoms with Gasteiger partial charge in [0.1, 0.15) is 0 Å². The molecule has 1 aliphatic heterocycles. The maximum absolute atomic E-state index is 13.1. The number of carbonyl (C=O) groups is 1. The molecule has 1 amide bonds. The molecule has 0 aromatic heterocycles. The molecule has 1 aromatic rings. The second kappa shape index (κ2) is 6.26. The smallest absolute Gasteiger partial charge is 0.253 e. The molecule has 0 bridgehead atoms. The number of halogens is 3. The number of benzene rings is 1. The highest BCUT2D eigenvalue weighted by Gasteiger charge is 2.21. The number of hydrogen-bond donors (Lipinski definition) is 0. The van der Waals surface area contributed by atoms with Crippen LogP contribution in [0.2, 0.25) is 0 Å². The van der Waals surface area contributed by atoms with Gasteiger partial charge in [-0.2, -0.15) is 0 Å². The topological polar surface area (TPSA) is 29.5 Å². The quantitative estimate of drug-likeness (QED) is 0.800. The number of rotatable bonds is 3. The number of hydrogen-bond acceptors (Lipinski definition) is 2. The van der Waals surface area contributed by atoms with Crippen LogP contribution >= 0.6 is 0 Å². The predicted octanol–water partition coefficient (Wildman–Crippen LogP) is 2.75. The molecule has 1 fully saturated rings. The minimum atomic E-state index is -1.57. The normalized spacial score (nSPS) is 18.9. The van der Waals surface area contributed by atoms with Gasteiger partial charge in [-0.3, -0.25) is 4.79 Å². The fraction of sp³-hybridized carbons (Fsp3) is 0.500. The third-order valence-corrected chi connectivity index (χ3v) is 3.33. The molecule has 1 aromatic carbocycles. The Balaban J connectivity index is 2.06. The summed E-state index contributed by atoms with van der Waals surface area (Å²) in [5.74, 6) is -4.86. The summed E-state index contributed by atoms with van der Waals surface area (Å²) in [7, 11) is 1.53. The lowest BCUT2D eigenvalue weighted by Crippen LogP contribution is -2.37. The second-order valence-corrected chi connectivity index (χ2v) is 4.93. The molecule has 2 rings (SSSR count). The maximum atomic E-state index is 13.1. The minimum Gasteiger partial charge on any atom is -0.376 e. The van der Waals surface area contributed by atoms with Crippen molar-refractivity contribution in [2.24, 2.45) is 0 Å². The first kappa shape index (κ1) is 14.8. The van der Waals surface area contributed by atoms with E-state index >= 15 is 0 Å². The maximum Gasteiger partial charge on any atom is 0.253 e. The molecule has 3 nitrogen and oxygen atoms in total. The lowest BCUT2D eigenvalue weighted by Gasteiger charge is -2.27. The van der Waals surface area contributed by atoms with Gasteiger partial charge in [-0.15, -0.1) is 0 Å². The van der Waals surface area contributed by atoms with Crippen molar-refractivity contribution in [3.63, 3.8) is 0 Å². The largest absolute Gasteiger partial charge is 0.376 e. The third kappa shape index (κ3) is 3.30. The average molecular weight is 287 g/mol. The molecule has 1 atom stereocenters. The lowest BCUT2D eigenvalue weighted by atomic mass is 10.1. The van der Waals surface area contributed by atoms with Crippen LogP contribution in [0.4, 0.5) is 13.2 Å². The Morgan fingerprint density at radius 1 is 1.30 bits per heavy atom. The second-order valence-electron chi connectivity index (χ2n) is 4.93. The van der Waals surface area contributed by atoms with Crippen LogP contribution in [0.1, 0.15) is 29.6 Å². The van der Waals surface area contributed by atoms with Gasteiger partial charge in [-0.25, -0.2) is 13.2 Å². The van der Waals surface area contributed by atoms with E-state index < -0.39 is 23.4 Å². The van der Waals surface area contributed by atoms with E-state index in [2.05, 4.69) is 0 Å². The lowest BCUT2D eigenvalue weighted by molar-refractivity contribution is -0.000203. The summed E-state index contributed by atoms with van der Waals surface area (Å²) in [6.45, 7) is 1.01. The summed E-state index contributed by atoms with van der Waals surface area (Å²) in [5.41, 5.74) is -0.209. The molecule has 1 unspecified atom stereocenters. The number of ether oxygens (including phenoxy) is 1. The van der Waals surface area contributed by atoms with E-state index in [-0.39, 0.29) is 11.7 Å². The molecule has 1 aliphatic rings. The first-order chi connectivity index (χ1) is 9.49. The van der Waals surface area contributed by atoms with Crippen LogP contribution in [0.5, 0.6) is 0 Å². The zero-order valence-electron chi connectivity index (χ0n) is 11.2. The van der Waals surface area contributed by atoms with E-state index in [0.717, 1.165) is 19.3 Å². The Labute approximate surface area is 115 Å². The summed E-state index contributed by atoms with van der Waals surface area (Å²) in [5, 5.41) is 0. The standard InChI is InChI=1S/C14H16F3NO2/c1-18(8-10-4-2-3-5-20-10)14(19)9-6-11(15)13(17)12(16)7-9/h6-7,10H,2-5,8H2,1H3. The van der Waals surface area contributed by atoms with E-state index in [1.165, 1.54) is 11.9 Å². The van der Waals surface area contributed by atoms with Crippen molar-refractivity contribution in [2.45, 2.75) is 25.4 Å². The summed E-state index contributed by atoms with van der Waals surface area (Å²) in [6, 6.07) is 1.41. The Hall–Kier alpha value is -1.56. The summed E-state index contributed by atoms with van der Waals surface area (Å²) in [4.78, 5) is 13.4. The SMILES string of the molecule is CN(CC1CCCCO1)C(=O)c1cc(F)c(F)c(F)c1. The van der Waals surface area contributed by atoms with Gasteiger partial charge in [0.05, 0.1) is 6.10 Å². The monoisotopic (exact) mass is 287 g/mol. The van der Waals surface area contributed by atoms with Crippen LogP contribution in [0, 0.1) is 17.5 Å². The van der Waals surface area contributed by atoms with Gasteiger partial charge in [0.15, 0.2) is 17.5 Å². The summed E-state index contributed by atoms with van der Waals surface area (Å²) >= 11 is 0. The first-order valence-corrected chi connectivity index (χ1v) is 6.50. The van der Waals surface area contributed by atoms with E-state index in [4.69, 9.17) is 4.74 Å². The van der Waals surface area contributed by atoms with Crippen LogP contribution in [-0.4, -0.2) is 37.1 Å². The predicted molar refractivity (Wildman–Crippen MR) is 66.9 cm³/mol. The van der Waals surface area contributed by atoms with Crippen LogP contribution in [0.3, 0.4) is 0 Å². The van der Waals surface area contributed by atoms with Crippen LogP contribution in [0.15, 0.2) is 12.1 Å². The fourth-order valence-electron chi connectivity index (χ4n) is 2.24. The fourth-order valence-corrected chi connectivity index (χ4v) is 2.24. The number of likely N-dealkylation sites (N-methyl/N-ethyl adjacent to an activating group) is 1. The number of amides is 1. The highest BCUT2D eigenvalue weighted by atomic mass is 19.2. The Morgan fingerprint density at radius 3 is 2.50 bits per heavy atom. The van der Waals surface area contributed by atoms with Crippen LogP contribution in [-0.2, 0) is 4.74 Å². The molecular weight excluding hydrogens is 271 g/mol. The summed E-state index contributed by atoms with van der Waals surface area (Å²) in [6.07, 6.45) is 2.83. The van der Waals surface area contributed by atoms with Gasteiger partial charge in [0.25, 0.3) is 5.91 Å². The molecule has 20 heavy (non-hydrogen) atoms. The van der Waals surface area contributed by atoms with Crippen molar-refractivity contribution in [3.05, 3.63) is 35.1 Å².